The number of nitrogens with zero attached hydrogens (tertiary/aromatic N) is 1. The molecule has 0 aromatic heterocycles. The van der Waals surface area contributed by atoms with E-state index in [4.69, 9.17) is 21.1 Å². The molecule has 0 saturated carbocycles. The van der Waals surface area contributed by atoms with Crippen molar-refractivity contribution < 1.29 is 23.7 Å². The van der Waals surface area contributed by atoms with Crippen molar-refractivity contribution in [2.75, 3.05) is 14.2 Å². The smallest absolute Gasteiger partial charge is 0.304 e. The molecular weight excluding hydrogens is 454 g/mol. The number of halogens is 1. The van der Waals surface area contributed by atoms with Gasteiger partial charge < -0.3 is 14.8 Å². The minimum absolute atomic E-state index is 0.322. The number of benzene rings is 3. The molecule has 1 aliphatic heterocycles. The lowest BCUT2D eigenvalue weighted by Gasteiger charge is -2.15. The first kappa shape index (κ1) is 23.3. The van der Waals surface area contributed by atoms with Crippen molar-refractivity contribution in [2.24, 2.45) is 0 Å². The summed E-state index contributed by atoms with van der Waals surface area (Å²) in [4.78, 5) is 25.9. The maximum Gasteiger partial charge on any atom is 0.304 e. The Morgan fingerprint density at radius 3 is 2.32 bits per heavy atom. The molecule has 2 N–H and O–H groups in total. The molecule has 174 valence electrons. The van der Waals surface area contributed by atoms with Gasteiger partial charge in [-0.2, -0.15) is 0 Å². The quantitative estimate of drug-likeness (QED) is 0.530. The molecular formula is C26H25ClN3O4+. The molecule has 0 unspecified atom stereocenters. The maximum atomic E-state index is 13.0. The third kappa shape index (κ3) is 4.89. The second-order valence-electron chi connectivity index (χ2n) is 7.94. The van der Waals surface area contributed by atoms with Crippen LogP contribution < -0.4 is 20.2 Å². The van der Waals surface area contributed by atoms with E-state index >= 15 is 0 Å². The van der Waals surface area contributed by atoms with Crippen molar-refractivity contribution in [3.8, 4) is 11.5 Å². The summed E-state index contributed by atoms with van der Waals surface area (Å²) in [5, 5.41) is 3.47. The van der Waals surface area contributed by atoms with Gasteiger partial charge in [0.15, 0.2) is 17.5 Å². The van der Waals surface area contributed by atoms with Gasteiger partial charge in [0.2, 0.25) is 12.3 Å². The summed E-state index contributed by atoms with van der Waals surface area (Å²) >= 11 is 6.09. The molecule has 3 aromatic rings. The van der Waals surface area contributed by atoms with Crippen LogP contribution >= 0.6 is 11.6 Å². The number of ether oxygens (including phenoxy) is 2. The Balaban J connectivity index is 1.71. The Labute approximate surface area is 202 Å². The van der Waals surface area contributed by atoms with Crippen LogP contribution in [0, 0.1) is 6.92 Å². The van der Waals surface area contributed by atoms with Gasteiger partial charge in [0, 0.05) is 21.7 Å². The summed E-state index contributed by atoms with van der Waals surface area (Å²) < 4.78 is 12.4. The van der Waals surface area contributed by atoms with Crippen LogP contribution in [-0.4, -0.2) is 43.0 Å². The normalized spacial score (nSPS) is 18.5. The van der Waals surface area contributed by atoms with Crippen LogP contribution in [0.4, 0.5) is 0 Å². The zero-order valence-electron chi connectivity index (χ0n) is 19.0. The van der Waals surface area contributed by atoms with Crippen molar-refractivity contribution in [3.63, 3.8) is 0 Å². The lowest BCUT2D eigenvalue weighted by molar-refractivity contribution is -0.596. The number of rotatable bonds is 6. The van der Waals surface area contributed by atoms with Gasteiger partial charge in [-0.1, -0.05) is 41.4 Å². The molecule has 2 amide bonds. The standard InChI is InChI=1S/C26H24ClN3O4/c1-16-4-7-19(8-5-16)25(31)28-23-24(18-9-11-20(27)12-10-18)30(29-26(23)32)15-17-6-13-21(33-2)22(14-17)34-3/h4-15,23-24H,1-3H3,(H-,28,29,31,32)/p+1/b30-15-/t23-,24-/m1/s1. The molecule has 0 aliphatic carbocycles. The summed E-state index contributed by atoms with van der Waals surface area (Å²) in [6.45, 7) is 1.95. The Morgan fingerprint density at radius 1 is 1.00 bits per heavy atom. The van der Waals surface area contributed by atoms with Crippen LogP contribution in [-0.2, 0) is 4.79 Å². The largest absolute Gasteiger partial charge is 0.493 e. The van der Waals surface area contributed by atoms with E-state index in [1.165, 1.54) is 0 Å². The van der Waals surface area contributed by atoms with Crippen LogP contribution in [0.15, 0.2) is 66.7 Å². The predicted octanol–water partition coefficient (Wildman–Crippen LogP) is 3.68. The summed E-state index contributed by atoms with van der Waals surface area (Å²) in [5.41, 5.74) is 5.99. The van der Waals surface area contributed by atoms with Gasteiger partial charge in [-0.05, 0) is 49.4 Å². The van der Waals surface area contributed by atoms with E-state index in [9.17, 15) is 9.59 Å². The number of carbonyl (C=O) groups excluding carboxylic acids is 2. The first-order valence-electron chi connectivity index (χ1n) is 10.7. The highest BCUT2D eigenvalue weighted by atomic mass is 35.5. The minimum atomic E-state index is -0.827. The summed E-state index contributed by atoms with van der Waals surface area (Å²) in [7, 11) is 3.13. The fourth-order valence-corrected chi connectivity index (χ4v) is 3.99. The van der Waals surface area contributed by atoms with Gasteiger partial charge in [-0.3, -0.25) is 9.59 Å². The van der Waals surface area contributed by atoms with Crippen LogP contribution in [0.5, 0.6) is 11.5 Å². The van der Waals surface area contributed by atoms with E-state index in [-0.39, 0.29) is 11.8 Å². The maximum absolute atomic E-state index is 13.0. The number of hydrazone groups is 1. The van der Waals surface area contributed by atoms with E-state index in [0.717, 1.165) is 16.7 Å². The SMILES string of the molecule is COc1ccc(/C=[N+]2\NC(=O)[C@H](NC(=O)c3ccc(C)cc3)[C@H]2c2ccc(Cl)cc2)cc1OC. The van der Waals surface area contributed by atoms with Gasteiger partial charge in [0.1, 0.15) is 0 Å². The summed E-state index contributed by atoms with van der Waals surface area (Å²) in [6.07, 6.45) is 1.79. The van der Waals surface area contributed by atoms with E-state index in [1.807, 2.05) is 43.3 Å². The van der Waals surface area contributed by atoms with Crippen LogP contribution in [0.3, 0.4) is 0 Å². The zero-order chi connectivity index (χ0) is 24.2. The molecule has 34 heavy (non-hydrogen) atoms. The highest BCUT2D eigenvalue weighted by Crippen LogP contribution is 2.29. The lowest BCUT2D eigenvalue weighted by atomic mass is 9.99. The molecule has 7 nitrogen and oxygen atoms in total. The number of hydrogen-bond acceptors (Lipinski definition) is 4. The molecule has 8 heteroatoms. The van der Waals surface area contributed by atoms with E-state index in [1.54, 1.807) is 55.5 Å². The summed E-state index contributed by atoms with van der Waals surface area (Å²) in [5.74, 6) is 0.515. The number of carbonyl (C=O) groups is 2. The third-order valence-electron chi connectivity index (χ3n) is 5.64. The first-order valence-corrected chi connectivity index (χ1v) is 11.1. The molecule has 1 heterocycles. The van der Waals surface area contributed by atoms with Crippen LogP contribution in [0.1, 0.15) is 33.1 Å². The highest BCUT2D eigenvalue weighted by molar-refractivity contribution is 6.30. The number of methoxy groups -OCH3 is 2. The second kappa shape index (κ2) is 9.97. The van der Waals surface area contributed by atoms with Gasteiger partial charge in [0.25, 0.3) is 5.91 Å². The van der Waals surface area contributed by atoms with Crippen LogP contribution in [0.25, 0.3) is 0 Å². The second-order valence-corrected chi connectivity index (χ2v) is 8.38. The third-order valence-corrected chi connectivity index (χ3v) is 5.90. The average molecular weight is 479 g/mol. The monoisotopic (exact) mass is 478 g/mol. The number of amides is 2. The van der Waals surface area contributed by atoms with Gasteiger partial charge in [0.05, 0.1) is 14.2 Å². The van der Waals surface area contributed by atoms with Crippen LogP contribution in [0.2, 0.25) is 5.02 Å². The van der Waals surface area contributed by atoms with Crippen molar-refractivity contribution in [2.45, 2.75) is 19.0 Å². The fraction of sp³-hybridized carbons (Fsp3) is 0.192. The molecule has 2 atom stereocenters. The highest BCUT2D eigenvalue weighted by Gasteiger charge is 2.47. The Kier molecular flexibility index (Phi) is 6.84. The van der Waals surface area contributed by atoms with Crippen molar-refractivity contribution in [3.05, 3.63) is 94.0 Å². The molecule has 0 bridgehead atoms. The van der Waals surface area contributed by atoms with Crippen molar-refractivity contribution >= 4 is 29.6 Å². The Hall–Kier alpha value is -3.84. The predicted molar refractivity (Wildman–Crippen MR) is 130 cm³/mol. The van der Waals surface area contributed by atoms with Crippen molar-refractivity contribution in [1.82, 2.24) is 10.7 Å². The molecule has 1 fully saturated rings. The van der Waals surface area contributed by atoms with Gasteiger partial charge in [-0.25, -0.2) is 0 Å². The number of hydrazine groups is 1. The first-order chi connectivity index (χ1) is 16.4. The van der Waals surface area contributed by atoms with E-state index in [2.05, 4.69) is 10.7 Å². The summed E-state index contributed by atoms with van der Waals surface area (Å²) in [6, 6.07) is 18.5. The van der Waals surface area contributed by atoms with E-state index < -0.39 is 12.1 Å². The fourth-order valence-electron chi connectivity index (χ4n) is 3.86. The number of nitrogens with one attached hydrogen (secondary N) is 2. The van der Waals surface area contributed by atoms with E-state index in [0.29, 0.717) is 22.1 Å². The molecule has 3 aromatic carbocycles. The van der Waals surface area contributed by atoms with Crippen molar-refractivity contribution in [1.29, 1.82) is 0 Å². The number of hydrogen-bond donors (Lipinski definition) is 2. The minimum Gasteiger partial charge on any atom is -0.493 e. The molecule has 4 rings (SSSR count). The molecule has 0 spiro atoms. The average Bonchev–Trinajstić information content (AvgIpc) is 3.14. The molecule has 1 aliphatic rings. The Bertz CT molecular complexity index is 1240. The molecule has 1 saturated heterocycles. The lowest BCUT2D eigenvalue weighted by Crippen LogP contribution is -2.42. The Morgan fingerprint density at radius 2 is 1.68 bits per heavy atom. The topological polar surface area (TPSA) is 79.7 Å². The van der Waals surface area contributed by atoms with Gasteiger partial charge >= 0.3 is 5.91 Å². The number of aryl methyl sites for hydroxylation is 1. The molecule has 0 radical (unpaired) electrons. The van der Waals surface area contributed by atoms with Gasteiger partial charge in [-0.15, -0.1) is 10.1 Å². The zero-order valence-corrected chi connectivity index (χ0v) is 19.8.